The maximum atomic E-state index is 11.3. The molecule has 0 saturated heterocycles. The Balaban J connectivity index is 3.31. The number of hydrogen-bond donors (Lipinski definition) is 0. The minimum Gasteiger partial charge on any atom is -0.465 e. The minimum atomic E-state index is -0.457. The van der Waals surface area contributed by atoms with E-state index in [9.17, 15) is 9.59 Å². The maximum absolute atomic E-state index is 11.3. The van der Waals surface area contributed by atoms with Gasteiger partial charge in [-0.1, -0.05) is 0 Å². The Hall–Kier alpha value is -0.680. The number of esters is 1. The van der Waals surface area contributed by atoms with Crippen molar-refractivity contribution < 1.29 is 14.3 Å². The lowest BCUT2D eigenvalue weighted by atomic mass is 10.1. The molecule has 0 aliphatic heterocycles. The van der Waals surface area contributed by atoms with Crippen molar-refractivity contribution in [3.63, 3.8) is 0 Å². The number of aldehydes is 1. The van der Waals surface area contributed by atoms with Gasteiger partial charge < -0.3 is 4.74 Å². The Morgan fingerprint density at radius 1 is 1.36 bits per heavy atom. The monoisotopic (exact) mass is 320 g/mol. The molecule has 0 radical (unpaired) electrons. The van der Waals surface area contributed by atoms with Crippen molar-refractivity contribution in [2.24, 2.45) is 0 Å². The van der Waals surface area contributed by atoms with Crippen molar-refractivity contribution >= 4 is 44.1 Å². The molecule has 0 aromatic heterocycles. The fourth-order valence-electron chi connectivity index (χ4n) is 0.958. The van der Waals surface area contributed by atoms with E-state index in [1.54, 1.807) is 12.1 Å². The molecule has 1 aromatic rings. The SMILES string of the molecule is COC(=O)c1c(Br)cc(C=O)cc1Br. The fourth-order valence-corrected chi connectivity index (χ4v) is 2.50. The summed E-state index contributed by atoms with van der Waals surface area (Å²) in [7, 11) is 1.30. The number of hydrogen-bond acceptors (Lipinski definition) is 3. The quantitative estimate of drug-likeness (QED) is 0.621. The number of ether oxygens (including phenoxy) is 1. The van der Waals surface area contributed by atoms with Crippen LogP contribution in [0, 0.1) is 0 Å². The third-order valence-corrected chi connectivity index (χ3v) is 2.84. The molecule has 0 heterocycles. The van der Waals surface area contributed by atoms with Crippen LogP contribution in [-0.2, 0) is 4.74 Å². The lowest BCUT2D eigenvalue weighted by Gasteiger charge is -2.05. The highest BCUT2D eigenvalue weighted by atomic mass is 79.9. The van der Waals surface area contributed by atoms with Crippen LogP contribution < -0.4 is 0 Å². The van der Waals surface area contributed by atoms with Gasteiger partial charge in [-0.2, -0.15) is 0 Å². The van der Waals surface area contributed by atoms with E-state index in [1.807, 2.05) is 0 Å². The third kappa shape index (κ3) is 2.22. The van der Waals surface area contributed by atoms with E-state index in [-0.39, 0.29) is 0 Å². The molecule has 5 heteroatoms. The largest absolute Gasteiger partial charge is 0.465 e. The van der Waals surface area contributed by atoms with Gasteiger partial charge >= 0.3 is 5.97 Å². The highest BCUT2D eigenvalue weighted by molar-refractivity contribution is 9.11. The molecule has 74 valence electrons. The van der Waals surface area contributed by atoms with Crippen LogP contribution in [0.5, 0.6) is 0 Å². The van der Waals surface area contributed by atoms with Gasteiger partial charge in [0.05, 0.1) is 12.7 Å². The first-order valence-electron chi connectivity index (χ1n) is 3.62. The van der Waals surface area contributed by atoms with Gasteiger partial charge in [-0.05, 0) is 44.0 Å². The number of carbonyl (C=O) groups excluding carboxylic acids is 2. The molecule has 0 spiro atoms. The normalized spacial score (nSPS) is 9.64. The average Bonchev–Trinajstić information content (AvgIpc) is 2.16. The molecule has 3 nitrogen and oxygen atoms in total. The number of methoxy groups -OCH3 is 1. The lowest BCUT2D eigenvalue weighted by Crippen LogP contribution is -2.04. The van der Waals surface area contributed by atoms with Gasteiger partial charge in [0.1, 0.15) is 6.29 Å². The van der Waals surface area contributed by atoms with Crippen LogP contribution in [0.15, 0.2) is 21.1 Å². The zero-order chi connectivity index (χ0) is 10.7. The van der Waals surface area contributed by atoms with E-state index in [1.165, 1.54) is 7.11 Å². The molecule has 0 fully saturated rings. The summed E-state index contributed by atoms with van der Waals surface area (Å²) in [4.78, 5) is 21.8. The molecule has 0 atom stereocenters. The summed E-state index contributed by atoms with van der Waals surface area (Å²) in [6, 6.07) is 3.12. The lowest BCUT2D eigenvalue weighted by molar-refractivity contribution is 0.0598. The van der Waals surface area contributed by atoms with Crippen molar-refractivity contribution in [1.82, 2.24) is 0 Å². The molecule has 0 aliphatic carbocycles. The van der Waals surface area contributed by atoms with Crippen LogP contribution in [0.1, 0.15) is 20.7 Å². The van der Waals surface area contributed by atoms with Crippen molar-refractivity contribution in [3.8, 4) is 0 Å². The van der Waals surface area contributed by atoms with E-state index < -0.39 is 5.97 Å². The minimum absolute atomic E-state index is 0.373. The summed E-state index contributed by atoms with van der Waals surface area (Å²) in [5.41, 5.74) is 0.856. The summed E-state index contributed by atoms with van der Waals surface area (Å²) in [5.74, 6) is -0.457. The molecule has 0 bridgehead atoms. The second-order valence-electron chi connectivity index (χ2n) is 2.47. The predicted octanol–water partition coefficient (Wildman–Crippen LogP) is 2.81. The van der Waals surface area contributed by atoms with Gasteiger partial charge in [0.15, 0.2) is 0 Å². The van der Waals surface area contributed by atoms with Gasteiger partial charge in [-0.25, -0.2) is 4.79 Å². The molecule has 1 rings (SSSR count). The first kappa shape index (κ1) is 11.4. The topological polar surface area (TPSA) is 43.4 Å². The summed E-state index contributed by atoms with van der Waals surface area (Å²) >= 11 is 6.38. The van der Waals surface area contributed by atoms with E-state index >= 15 is 0 Å². The highest BCUT2D eigenvalue weighted by Crippen LogP contribution is 2.27. The molecule has 0 aliphatic rings. The Morgan fingerprint density at radius 2 is 1.86 bits per heavy atom. The van der Waals surface area contributed by atoms with Gasteiger partial charge in [0.2, 0.25) is 0 Å². The Morgan fingerprint density at radius 3 is 2.21 bits per heavy atom. The second kappa shape index (κ2) is 4.70. The van der Waals surface area contributed by atoms with Crippen LogP contribution in [0.3, 0.4) is 0 Å². The van der Waals surface area contributed by atoms with Crippen LogP contribution in [0.2, 0.25) is 0 Å². The van der Waals surface area contributed by atoms with Gasteiger partial charge in [0.25, 0.3) is 0 Å². The predicted molar refractivity (Wildman–Crippen MR) is 58.6 cm³/mol. The summed E-state index contributed by atoms with van der Waals surface area (Å²) < 4.78 is 5.64. The smallest absolute Gasteiger partial charge is 0.340 e. The van der Waals surface area contributed by atoms with Crippen molar-refractivity contribution in [1.29, 1.82) is 0 Å². The first-order chi connectivity index (χ1) is 6.60. The van der Waals surface area contributed by atoms with Crippen molar-refractivity contribution in [3.05, 3.63) is 32.2 Å². The number of benzene rings is 1. The molecule has 0 N–H and O–H groups in total. The molecule has 0 unspecified atom stereocenters. The molecule has 0 saturated carbocycles. The van der Waals surface area contributed by atoms with Gasteiger partial charge in [-0.15, -0.1) is 0 Å². The third-order valence-electron chi connectivity index (χ3n) is 1.59. The molecule has 0 amide bonds. The Kier molecular flexibility index (Phi) is 3.83. The molecule has 14 heavy (non-hydrogen) atoms. The molecular formula is C9H6Br2O3. The standard InChI is InChI=1S/C9H6Br2O3/c1-14-9(13)8-6(10)2-5(4-12)3-7(8)11/h2-4H,1H3. The van der Waals surface area contributed by atoms with Gasteiger partial charge in [0, 0.05) is 14.5 Å². The number of rotatable bonds is 2. The second-order valence-corrected chi connectivity index (χ2v) is 4.18. The van der Waals surface area contributed by atoms with Crippen molar-refractivity contribution in [2.45, 2.75) is 0 Å². The van der Waals surface area contributed by atoms with Crippen LogP contribution in [0.4, 0.5) is 0 Å². The van der Waals surface area contributed by atoms with E-state index in [0.29, 0.717) is 26.4 Å². The Bertz CT molecular complexity index is 365. The van der Waals surface area contributed by atoms with Gasteiger partial charge in [-0.3, -0.25) is 4.79 Å². The van der Waals surface area contributed by atoms with E-state index in [0.717, 1.165) is 0 Å². The average molecular weight is 322 g/mol. The summed E-state index contributed by atoms with van der Waals surface area (Å²) in [6.07, 6.45) is 0.705. The highest BCUT2D eigenvalue weighted by Gasteiger charge is 2.15. The number of carbonyl (C=O) groups is 2. The molecule has 1 aromatic carbocycles. The fraction of sp³-hybridized carbons (Fsp3) is 0.111. The Labute approximate surface area is 97.7 Å². The van der Waals surface area contributed by atoms with E-state index in [2.05, 4.69) is 36.6 Å². The van der Waals surface area contributed by atoms with Crippen molar-refractivity contribution in [2.75, 3.05) is 7.11 Å². The van der Waals surface area contributed by atoms with Crippen LogP contribution in [0.25, 0.3) is 0 Å². The first-order valence-corrected chi connectivity index (χ1v) is 5.21. The zero-order valence-corrected chi connectivity index (χ0v) is 10.4. The van der Waals surface area contributed by atoms with E-state index in [4.69, 9.17) is 0 Å². The van der Waals surface area contributed by atoms with Crippen LogP contribution in [-0.4, -0.2) is 19.4 Å². The maximum Gasteiger partial charge on any atom is 0.340 e. The summed E-state index contributed by atoms with van der Waals surface area (Å²) in [6.45, 7) is 0. The summed E-state index contributed by atoms with van der Waals surface area (Å²) in [5, 5.41) is 0. The number of halogens is 2. The zero-order valence-electron chi connectivity index (χ0n) is 7.21. The molecular weight excluding hydrogens is 316 g/mol. The van der Waals surface area contributed by atoms with Crippen LogP contribution >= 0.6 is 31.9 Å².